The predicted molar refractivity (Wildman–Crippen MR) is 61.1 cm³/mol. The molecule has 2 nitrogen and oxygen atoms in total. The zero-order chi connectivity index (χ0) is 10.4. The van der Waals surface area contributed by atoms with Crippen LogP contribution in [0.2, 0.25) is 0 Å². The summed E-state index contributed by atoms with van der Waals surface area (Å²) in [5.41, 5.74) is 2.22. The molecule has 1 amide bonds. The average Bonchev–Trinajstić information content (AvgIpc) is 2.56. The van der Waals surface area contributed by atoms with Crippen molar-refractivity contribution in [3.8, 4) is 0 Å². The van der Waals surface area contributed by atoms with Crippen LogP contribution in [0.5, 0.6) is 0 Å². The summed E-state index contributed by atoms with van der Waals surface area (Å²) in [4.78, 5) is 13.3. The predicted octanol–water partition coefficient (Wildman–Crippen LogP) is 2.36. The van der Waals surface area contributed by atoms with Crippen molar-refractivity contribution in [1.82, 2.24) is 0 Å². The number of amides is 1. The Balaban J connectivity index is 2.38. The quantitative estimate of drug-likeness (QED) is 0.635. The van der Waals surface area contributed by atoms with E-state index in [0.29, 0.717) is 6.42 Å². The molecule has 0 saturated heterocycles. The third-order valence-electron chi connectivity index (χ3n) is 3.08. The maximum absolute atomic E-state index is 11.6. The first-order valence-electron chi connectivity index (χ1n) is 5.04. The number of hydrogen-bond acceptors (Lipinski definition) is 1. The zero-order valence-corrected chi connectivity index (χ0v) is 8.53. The average molecular weight is 197 g/mol. The van der Waals surface area contributed by atoms with Crippen LogP contribution >= 0.6 is 0 Å². The lowest BCUT2D eigenvalue weighted by Gasteiger charge is -2.10. The Morgan fingerprint density at radius 3 is 2.80 bits per heavy atom. The van der Waals surface area contributed by atoms with Crippen LogP contribution in [0.15, 0.2) is 36.4 Å². The van der Waals surface area contributed by atoms with Crippen LogP contribution in [0.1, 0.15) is 5.56 Å². The summed E-state index contributed by atoms with van der Waals surface area (Å²) in [5.74, 6) is 0.182. The fourth-order valence-electron chi connectivity index (χ4n) is 2.23. The van der Waals surface area contributed by atoms with E-state index in [2.05, 4.69) is 18.2 Å². The molecule has 1 aliphatic rings. The molecule has 0 fully saturated rings. The van der Waals surface area contributed by atoms with E-state index in [1.54, 1.807) is 4.90 Å². The van der Waals surface area contributed by atoms with E-state index in [1.807, 2.05) is 25.2 Å². The van der Waals surface area contributed by atoms with Gasteiger partial charge in [-0.25, -0.2) is 0 Å². The molecule has 0 N–H and O–H groups in total. The molecular weight excluding hydrogens is 186 g/mol. The lowest BCUT2D eigenvalue weighted by molar-refractivity contribution is -0.117. The summed E-state index contributed by atoms with van der Waals surface area (Å²) < 4.78 is 0. The van der Waals surface area contributed by atoms with Gasteiger partial charge in [0.2, 0.25) is 5.91 Å². The number of benzene rings is 2. The number of carbonyl (C=O) groups is 1. The number of anilines is 1. The molecule has 74 valence electrons. The van der Waals surface area contributed by atoms with Gasteiger partial charge < -0.3 is 4.90 Å². The molecule has 15 heavy (non-hydrogen) atoms. The number of nitrogens with zero attached hydrogens (tertiary/aromatic N) is 1. The molecule has 0 radical (unpaired) electrons. The summed E-state index contributed by atoms with van der Waals surface area (Å²) in [6, 6.07) is 12.3. The molecule has 0 saturated carbocycles. The lowest BCUT2D eigenvalue weighted by Crippen LogP contribution is -2.20. The maximum atomic E-state index is 11.6. The van der Waals surface area contributed by atoms with Gasteiger partial charge in [-0.3, -0.25) is 4.79 Å². The van der Waals surface area contributed by atoms with Gasteiger partial charge in [-0.05, 0) is 22.4 Å². The largest absolute Gasteiger partial charge is 0.315 e. The highest BCUT2D eigenvalue weighted by Gasteiger charge is 2.25. The summed E-state index contributed by atoms with van der Waals surface area (Å²) in [5, 5.41) is 2.41. The van der Waals surface area contributed by atoms with E-state index in [0.717, 1.165) is 5.69 Å². The van der Waals surface area contributed by atoms with Crippen LogP contribution in [0.4, 0.5) is 5.69 Å². The molecule has 1 heterocycles. The monoisotopic (exact) mass is 197 g/mol. The van der Waals surface area contributed by atoms with Crippen LogP contribution in [-0.2, 0) is 11.2 Å². The van der Waals surface area contributed by atoms with Crippen molar-refractivity contribution in [3.63, 3.8) is 0 Å². The third-order valence-corrected chi connectivity index (χ3v) is 3.08. The van der Waals surface area contributed by atoms with Gasteiger partial charge in [-0.15, -0.1) is 0 Å². The highest BCUT2D eigenvalue weighted by molar-refractivity contribution is 6.07. The Kier molecular flexibility index (Phi) is 1.60. The number of fused-ring (bicyclic) bond motifs is 3. The zero-order valence-electron chi connectivity index (χ0n) is 8.53. The first-order chi connectivity index (χ1) is 7.27. The van der Waals surface area contributed by atoms with Crippen molar-refractivity contribution >= 4 is 22.4 Å². The Hall–Kier alpha value is -1.83. The van der Waals surface area contributed by atoms with Crippen molar-refractivity contribution in [3.05, 3.63) is 42.0 Å². The highest BCUT2D eigenvalue weighted by Crippen LogP contribution is 2.33. The Morgan fingerprint density at radius 1 is 1.13 bits per heavy atom. The Bertz CT molecular complexity index is 559. The summed E-state index contributed by atoms with van der Waals surface area (Å²) >= 11 is 0. The second-order valence-electron chi connectivity index (χ2n) is 3.91. The number of hydrogen-bond donors (Lipinski definition) is 0. The smallest absolute Gasteiger partial charge is 0.231 e. The van der Waals surface area contributed by atoms with Gasteiger partial charge in [0, 0.05) is 12.7 Å². The second-order valence-corrected chi connectivity index (χ2v) is 3.91. The fourth-order valence-corrected chi connectivity index (χ4v) is 2.23. The molecule has 2 aromatic rings. The normalized spacial score (nSPS) is 14.7. The molecule has 1 aliphatic heterocycles. The van der Waals surface area contributed by atoms with Crippen molar-refractivity contribution in [1.29, 1.82) is 0 Å². The SMILES string of the molecule is CN1C(=O)Cc2c1ccc1ccccc21. The Labute approximate surface area is 88.1 Å². The first kappa shape index (κ1) is 8.48. The van der Waals surface area contributed by atoms with E-state index >= 15 is 0 Å². The third kappa shape index (κ3) is 1.08. The Morgan fingerprint density at radius 2 is 1.93 bits per heavy atom. The summed E-state index contributed by atoms with van der Waals surface area (Å²) in [6.45, 7) is 0. The van der Waals surface area contributed by atoms with E-state index in [-0.39, 0.29) is 5.91 Å². The molecule has 0 unspecified atom stereocenters. The molecule has 2 heteroatoms. The summed E-state index contributed by atoms with van der Waals surface area (Å²) in [6.07, 6.45) is 0.535. The highest BCUT2D eigenvalue weighted by atomic mass is 16.2. The minimum absolute atomic E-state index is 0.182. The van der Waals surface area contributed by atoms with Crippen LogP contribution in [0.25, 0.3) is 10.8 Å². The minimum atomic E-state index is 0.182. The van der Waals surface area contributed by atoms with Crippen molar-refractivity contribution in [2.75, 3.05) is 11.9 Å². The second kappa shape index (κ2) is 2.83. The molecule has 0 atom stereocenters. The number of likely N-dealkylation sites (N-methyl/N-ethyl adjacent to an activating group) is 1. The van der Waals surface area contributed by atoms with Crippen LogP contribution < -0.4 is 4.90 Å². The van der Waals surface area contributed by atoms with Crippen LogP contribution in [0.3, 0.4) is 0 Å². The number of carbonyl (C=O) groups excluding carboxylic acids is 1. The minimum Gasteiger partial charge on any atom is -0.315 e. The van der Waals surface area contributed by atoms with Crippen molar-refractivity contribution in [2.45, 2.75) is 6.42 Å². The van der Waals surface area contributed by atoms with Crippen LogP contribution in [-0.4, -0.2) is 13.0 Å². The topological polar surface area (TPSA) is 20.3 Å². The van der Waals surface area contributed by atoms with E-state index in [4.69, 9.17) is 0 Å². The molecule has 3 rings (SSSR count). The molecule has 0 aliphatic carbocycles. The van der Waals surface area contributed by atoms with Gasteiger partial charge in [0.1, 0.15) is 0 Å². The van der Waals surface area contributed by atoms with Crippen molar-refractivity contribution < 1.29 is 4.79 Å². The van der Waals surface area contributed by atoms with E-state index < -0.39 is 0 Å². The fraction of sp³-hybridized carbons (Fsp3) is 0.154. The molecule has 2 aromatic carbocycles. The van der Waals surface area contributed by atoms with Gasteiger partial charge in [0.25, 0.3) is 0 Å². The van der Waals surface area contributed by atoms with E-state index in [1.165, 1.54) is 16.3 Å². The first-order valence-corrected chi connectivity index (χ1v) is 5.04. The lowest BCUT2D eigenvalue weighted by atomic mass is 10.0. The molecule has 0 bridgehead atoms. The van der Waals surface area contributed by atoms with Crippen molar-refractivity contribution in [2.24, 2.45) is 0 Å². The van der Waals surface area contributed by atoms with Gasteiger partial charge in [0.15, 0.2) is 0 Å². The standard InChI is InChI=1S/C13H11NO/c1-14-12-7-6-9-4-2-3-5-10(9)11(12)8-13(14)15/h2-7H,8H2,1H3. The number of rotatable bonds is 0. The maximum Gasteiger partial charge on any atom is 0.231 e. The molecule has 0 aromatic heterocycles. The van der Waals surface area contributed by atoms with Crippen LogP contribution in [0, 0.1) is 0 Å². The van der Waals surface area contributed by atoms with Gasteiger partial charge in [-0.1, -0.05) is 30.3 Å². The molecular formula is C13H11NO. The van der Waals surface area contributed by atoms with Gasteiger partial charge in [-0.2, -0.15) is 0 Å². The van der Waals surface area contributed by atoms with E-state index in [9.17, 15) is 4.79 Å². The van der Waals surface area contributed by atoms with Gasteiger partial charge in [0.05, 0.1) is 6.42 Å². The van der Waals surface area contributed by atoms with Gasteiger partial charge >= 0.3 is 0 Å². The molecule has 0 spiro atoms. The summed E-state index contributed by atoms with van der Waals surface area (Å²) in [7, 11) is 1.84.